The number of nitrogens with one attached hydrogen (secondary N) is 1. The van der Waals surface area contributed by atoms with E-state index in [1.54, 1.807) is 13.0 Å². The van der Waals surface area contributed by atoms with Gasteiger partial charge in [0.1, 0.15) is 17.5 Å². The van der Waals surface area contributed by atoms with Crippen LogP contribution in [0.4, 0.5) is 17.3 Å². The third-order valence-corrected chi connectivity index (χ3v) is 2.57. The second-order valence-electron chi connectivity index (χ2n) is 3.83. The van der Waals surface area contributed by atoms with Gasteiger partial charge in [-0.25, -0.2) is 9.97 Å². The van der Waals surface area contributed by atoms with Crippen LogP contribution in [-0.4, -0.2) is 9.97 Å². The molecule has 17 heavy (non-hydrogen) atoms. The van der Waals surface area contributed by atoms with Crippen LogP contribution in [0.1, 0.15) is 11.4 Å². The zero-order valence-corrected chi connectivity index (χ0v) is 10.4. The van der Waals surface area contributed by atoms with Crippen LogP contribution in [0.3, 0.4) is 0 Å². The lowest BCUT2D eigenvalue weighted by Gasteiger charge is -2.09. The Balaban J connectivity index is 2.34. The lowest BCUT2D eigenvalue weighted by atomic mass is 10.2. The molecule has 1 aromatic heterocycles. The molecule has 88 valence electrons. The Morgan fingerprint density at radius 3 is 2.65 bits per heavy atom. The lowest BCUT2D eigenvalue weighted by molar-refractivity contribution is 1.06. The van der Waals surface area contributed by atoms with Gasteiger partial charge in [-0.1, -0.05) is 17.7 Å². The number of nitrogen functional groups attached to an aromatic ring is 1. The number of hydrogen-bond donors (Lipinski definition) is 2. The minimum absolute atomic E-state index is 0.434. The zero-order valence-electron chi connectivity index (χ0n) is 9.66. The van der Waals surface area contributed by atoms with Gasteiger partial charge < -0.3 is 11.1 Å². The van der Waals surface area contributed by atoms with E-state index in [9.17, 15) is 0 Å². The fourth-order valence-corrected chi connectivity index (χ4v) is 1.69. The highest BCUT2D eigenvalue weighted by molar-refractivity contribution is 6.33. The normalized spacial score (nSPS) is 10.3. The fourth-order valence-electron chi connectivity index (χ4n) is 1.53. The maximum Gasteiger partial charge on any atom is 0.136 e. The van der Waals surface area contributed by atoms with Crippen LogP contribution in [0.15, 0.2) is 24.3 Å². The molecule has 0 bridgehead atoms. The van der Waals surface area contributed by atoms with Crippen LogP contribution in [-0.2, 0) is 0 Å². The van der Waals surface area contributed by atoms with Crippen LogP contribution >= 0.6 is 11.6 Å². The quantitative estimate of drug-likeness (QED) is 0.857. The summed E-state index contributed by atoms with van der Waals surface area (Å²) in [6.07, 6.45) is 0. The third-order valence-electron chi connectivity index (χ3n) is 2.24. The summed E-state index contributed by atoms with van der Waals surface area (Å²) in [5, 5.41) is 3.78. The van der Waals surface area contributed by atoms with Gasteiger partial charge in [-0.05, 0) is 31.5 Å². The molecule has 0 spiro atoms. The largest absolute Gasteiger partial charge is 0.384 e. The molecule has 0 saturated carbocycles. The van der Waals surface area contributed by atoms with Gasteiger partial charge in [-0.2, -0.15) is 0 Å². The first-order valence-corrected chi connectivity index (χ1v) is 5.57. The first kappa shape index (κ1) is 11.7. The molecule has 3 N–H and O–H groups in total. The summed E-state index contributed by atoms with van der Waals surface area (Å²) in [6, 6.07) is 7.42. The first-order chi connectivity index (χ1) is 8.04. The summed E-state index contributed by atoms with van der Waals surface area (Å²) in [5.74, 6) is 1.70. The van der Waals surface area contributed by atoms with Crippen LogP contribution in [0.25, 0.3) is 0 Å². The molecule has 0 aliphatic carbocycles. The molecule has 0 atom stereocenters. The summed E-state index contributed by atoms with van der Waals surface area (Å²) in [4.78, 5) is 8.25. The van der Waals surface area contributed by atoms with Crippen molar-refractivity contribution in [3.8, 4) is 0 Å². The summed E-state index contributed by atoms with van der Waals surface area (Å²) in [7, 11) is 0. The van der Waals surface area contributed by atoms with Crippen molar-refractivity contribution in [2.45, 2.75) is 13.8 Å². The minimum atomic E-state index is 0.434. The number of halogens is 1. The van der Waals surface area contributed by atoms with Gasteiger partial charge >= 0.3 is 0 Å². The summed E-state index contributed by atoms with van der Waals surface area (Å²) in [6.45, 7) is 3.79. The molecule has 2 rings (SSSR count). The van der Waals surface area contributed by atoms with E-state index in [-0.39, 0.29) is 0 Å². The molecule has 0 amide bonds. The lowest BCUT2D eigenvalue weighted by Crippen LogP contribution is -2.01. The molecular formula is C12H13ClN4. The van der Waals surface area contributed by atoms with Crippen LogP contribution in [0.2, 0.25) is 5.02 Å². The Hall–Kier alpha value is -1.81. The molecule has 1 aromatic carbocycles. The number of aryl methyl sites for hydroxylation is 2. The van der Waals surface area contributed by atoms with Crippen molar-refractivity contribution in [1.29, 1.82) is 0 Å². The van der Waals surface area contributed by atoms with Crippen molar-refractivity contribution >= 4 is 28.9 Å². The van der Waals surface area contributed by atoms with E-state index < -0.39 is 0 Å². The summed E-state index contributed by atoms with van der Waals surface area (Å²) in [5.41, 5.74) is 7.59. The number of aromatic nitrogens is 2. The number of benzene rings is 1. The number of hydrogen-bond acceptors (Lipinski definition) is 4. The average Bonchev–Trinajstić information content (AvgIpc) is 2.22. The van der Waals surface area contributed by atoms with E-state index in [1.807, 2.05) is 25.1 Å². The van der Waals surface area contributed by atoms with Gasteiger partial charge in [0.25, 0.3) is 0 Å². The molecule has 0 aliphatic rings. The van der Waals surface area contributed by atoms with Crippen LogP contribution in [0.5, 0.6) is 0 Å². The fraction of sp³-hybridized carbons (Fsp3) is 0.167. The smallest absolute Gasteiger partial charge is 0.136 e. The van der Waals surface area contributed by atoms with Crippen molar-refractivity contribution in [2.24, 2.45) is 0 Å². The summed E-state index contributed by atoms with van der Waals surface area (Å²) >= 11 is 6.09. The van der Waals surface area contributed by atoms with Gasteiger partial charge in [-0.3, -0.25) is 0 Å². The van der Waals surface area contributed by atoms with Crippen LogP contribution in [0, 0.1) is 13.8 Å². The number of nitrogens with zero attached hydrogens (tertiary/aromatic N) is 2. The highest BCUT2D eigenvalue weighted by Gasteiger charge is 2.03. The van der Waals surface area contributed by atoms with E-state index in [0.29, 0.717) is 22.5 Å². The predicted molar refractivity (Wildman–Crippen MR) is 70.7 cm³/mol. The molecule has 0 unspecified atom stereocenters. The number of rotatable bonds is 2. The Bertz CT molecular complexity index is 534. The predicted octanol–water partition coefficient (Wildman–Crippen LogP) is 3.07. The van der Waals surface area contributed by atoms with Crippen molar-refractivity contribution < 1.29 is 0 Å². The molecular weight excluding hydrogens is 236 g/mol. The second-order valence-corrected chi connectivity index (χ2v) is 4.24. The van der Waals surface area contributed by atoms with E-state index in [4.69, 9.17) is 17.3 Å². The van der Waals surface area contributed by atoms with Crippen molar-refractivity contribution in [3.63, 3.8) is 0 Å². The average molecular weight is 249 g/mol. The molecule has 5 heteroatoms. The molecule has 4 nitrogen and oxygen atoms in total. The topological polar surface area (TPSA) is 63.8 Å². The second kappa shape index (κ2) is 4.59. The van der Waals surface area contributed by atoms with Gasteiger partial charge in [-0.15, -0.1) is 0 Å². The molecule has 0 saturated heterocycles. The van der Waals surface area contributed by atoms with E-state index in [1.165, 1.54) is 0 Å². The standard InChI is InChI=1S/C12H13ClN4/c1-7-3-4-9(13)10(5-7)17-12-6-11(14)15-8(2)16-12/h3-6H,1-2H3,(H3,14,15,16,17). The van der Waals surface area contributed by atoms with E-state index in [2.05, 4.69) is 15.3 Å². The summed E-state index contributed by atoms with van der Waals surface area (Å²) < 4.78 is 0. The SMILES string of the molecule is Cc1ccc(Cl)c(Nc2cc(N)nc(C)n2)c1. The van der Waals surface area contributed by atoms with Gasteiger partial charge in [0, 0.05) is 6.07 Å². The molecule has 0 radical (unpaired) electrons. The number of nitrogens with two attached hydrogens (primary N) is 1. The Morgan fingerprint density at radius 1 is 1.18 bits per heavy atom. The van der Waals surface area contributed by atoms with E-state index >= 15 is 0 Å². The van der Waals surface area contributed by atoms with Crippen molar-refractivity contribution in [3.05, 3.63) is 40.7 Å². The molecule has 1 heterocycles. The third kappa shape index (κ3) is 2.85. The minimum Gasteiger partial charge on any atom is -0.384 e. The molecule has 0 fully saturated rings. The highest BCUT2D eigenvalue weighted by atomic mass is 35.5. The van der Waals surface area contributed by atoms with Crippen molar-refractivity contribution in [2.75, 3.05) is 11.1 Å². The van der Waals surface area contributed by atoms with Crippen molar-refractivity contribution in [1.82, 2.24) is 9.97 Å². The van der Waals surface area contributed by atoms with Gasteiger partial charge in [0.15, 0.2) is 0 Å². The Morgan fingerprint density at radius 2 is 1.94 bits per heavy atom. The number of anilines is 3. The maximum absolute atomic E-state index is 6.09. The highest BCUT2D eigenvalue weighted by Crippen LogP contribution is 2.26. The van der Waals surface area contributed by atoms with Crippen LogP contribution < -0.4 is 11.1 Å². The van der Waals surface area contributed by atoms with Gasteiger partial charge in [0.2, 0.25) is 0 Å². The Labute approximate surface area is 105 Å². The first-order valence-electron chi connectivity index (χ1n) is 5.19. The Kier molecular flexibility index (Phi) is 3.15. The molecule has 0 aliphatic heterocycles. The van der Waals surface area contributed by atoms with Gasteiger partial charge in [0.05, 0.1) is 10.7 Å². The van der Waals surface area contributed by atoms with E-state index in [0.717, 1.165) is 11.3 Å². The molecule has 2 aromatic rings. The zero-order chi connectivity index (χ0) is 12.4. The monoisotopic (exact) mass is 248 g/mol. The maximum atomic E-state index is 6.09.